The summed E-state index contributed by atoms with van der Waals surface area (Å²) in [6.45, 7) is 3.27. The number of anilines is 1. The Morgan fingerprint density at radius 2 is 2.00 bits per heavy atom. The van der Waals surface area contributed by atoms with Gasteiger partial charge in [-0.3, -0.25) is 4.79 Å². The molecule has 80 valence electrons. The Hall–Kier alpha value is -0.870. The predicted molar refractivity (Wildman–Crippen MR) is 62.6 cm³/mol. The monoisotopic (exact) mass is 269 g/mol. The second-order valence-corrected chi connectivity index (χ2v) is 4.38. The van der Waals surface area contributed by atoms with Gasteiger partial charge in [0.1, 0.15) is 6.29 Å². The Labute approximate surface area is 97.2 Å². The molecule has 0 radical (unpaired) electrons. The first-order chi connectivity index (χ1) is 7.29. The molecule has 0 spiro atoms. The molecular formula is C11H12BrNO2. The van der Waals surface area contributed by atoms with Gasteiger partial charge in [-0.15, -0.1) is 0 Å². The summed E-state index contributed by atoms with van der Waals surface area (Å²) in [5, 5.41) is 0. The minimum atomic E-state index is 0.700. The van der Waals surface area contributed by atoms with Crippen LogP contribution in [0, 0.1) is 0 Å². The molecule has 2 rings (SSSR count). The Balaban J connectivity index is 2.25. The van der Waals surface area contributed by atoms with Crippen LogP contribution in [0.3, 0.4) is 0 Å². The number of benzene rings is 1. The molecule has 1 heterocycles. The van der Waals surface area contributed by atoms with Gasteiger partial charge in [-0.2, -0.15) is 0 Å². The summed E-state index contributed by atoms with van der Waals surface area (Å²) < 4.78 is 6.22. The number of aldehydes is 1. The molecule has 0 bridgehead atoms. The van der Waals surface area contributed by atoms with E-state index in [9.17, 15) is 4.79 Å². The van der Waals surface area contributed by atoms with E-state index in [0.29, 0.717) is 5.56 Å². The van der Waals surface area contributed by atoms with Gasteiger partial charge in [0, 0.05) is 28.8 Å². The van der Waals surface area contributed by atoms with Gasteiger partial charge in [0.2, 0.25) is 0 Å². The van der Waals surface area contributed by atoms with Crippen molar-refractivity contribution in [3.05, 3.63) is 28.2 Å². The average molecular weight is 270 g/mol. The first kappa shape index (κ1) is 10.6. The highest BCUT2D eigenvalue weighted by Gasteiger charge is 2.12. The van der Waals surface area contributed by atoms with Crippen LogP contribution in [0.4, 0.5) is 5.69 Å². The van der Waals surface area contributed by atoms with Crippen LogP contribution in [0.25, 0.3) is 0 Å². The molecule has 0 saturated carbocycles. The number of carbonyl (C=O) groups excluding carboxylic acids is 1. The summed E-state index contributed by atoms with van der Waals surface area (Å²) in [4.78, 5) is 13.0. The first-order valence-corrected chi connectivity index (χ1v) is 5.67. The molecule has 1 aliphatic heterocycles. The molecule has 1 fully saturated rings. The highest BCUT2D eigenvalue weighted by molar-refractivity contribution is 9.10. The quantitative estimate of drug-likeness (QED) is 0.771. The predicted octanol–water partition coefficient (Wildman–Crippen LogP) is 2.10. The van der Waals surface area contributed by atoms with Gasteiger partial charge in [0.25, 0.3) is 0 Å². The van der Waals surface area contributed by atoms with E-state index < -0.39 is 0 Å². The molecular weight excluding hydrogens is 258 g/mol. The number of morpholine rings is 1. The zero-order valence-electron chi connectivity index (χ0n) is 8.28. The van der Waals surface area contributed by atoms with Crippen molar-refractivity contribution in [2.45, 2.75) is 0 Å². The van der Waals surface area contributed by atoms with Crippen molar-refractivity contribution < 1.29 is 9.53 Å². The number of nitrogens with zero attached hydrogens (tertiary/aromatic N) is 1. The van der Waals surface area contributed by atoms with Crippen LogP contribution in [-0.2, 0) is 4.74 Å². The van der Waals surface area contributed by atoms with E-state index in [1.54, 1.807) is 0 Å². The topological polar surface area (TPSA) is 29.5 Å². The maximum Gasteiger partial charge on any atom is 0.150 e. The second kappa shape index (κ2) is 4.77. The van der Waals surface area contributed by atoms with Crippen molar-refractivity contribution in [3.63, 3.8) is 0 Å². The van der Waals surface area contributed by atoms with Crippen LogP contribution in [0.1, 0.15) is 10.4 Å². The zero-order chi connectivity index (χ0) is 10.7. The summed E-state index contributed by atoms with van der Waals surface area (Å²) in [5.74, 6) is 0. The number of carbonyl (C=O) groups is 1. The minimum absolute atomic E-state index is 0.700. The van der Waals surface area contributed by atoms with E-state index in [0.717, 1.165) is 42.7 Å². The van der Waals surface area contributed by atoms with Gasteiger partial charge in [0.05, 0.1) is 13.2 Å². The first-order valence-electron chi connectivity index (χ1n) is 4.88. The van der Waals surface area contributed by atoms with E-state index >= 15 is 0 Å². The lowest BCUT2D eigenvalue weighted by molar-refractivity contribution is 0.112. The highest BCUT2D eigenvalue weighted by atomic mass is 79.9. The summed E-state index contributed by atoms with van der Waals surface area (Å²) in [6.07, 6.45) is 0.870. The summed E-state index contributed by atoms with van der Waals surface area (Å²) in [5.41, 5.74) is 1.78. The molecule has 0 atom stereocenters. The number of ether oxygens (including phenoxy) is 1. The van der Waals surface area contributed by atoms with Crippen molar-refractivity contribution in [1.82, 2.24) is 0 Å². The van der Waals surface area contributed by atoms with E-state index in [-0.39, 0.29) is 0 Å². The van der Waals surface area contributed by atoms with E-state index in [4.69, 9.17) is 4.74 Å². The van der Waals surface area contributed by atoms with Gasteiger partial charge >= 0.3 is 0 Å². The fraction of sp³-hybridized carbons (Fsp3) is 0.364. The molecule has 1 aromatic carbocycles. The lowest BCUT2D eigenvalue weighted by Gasteiger charge is -2.29. The van der Waals surface area contributed by atoms with Gasteiger partial charge in [-0.25, -0.2) is 0 Å². The second-order valence-electron chi connectivity index (χ2n) is 3.46. The summed E-state index contributed by atoms with van der Waals surface area (Å²) in [7, 11) is 0. The molecule has 1 aromatic rings. The average Bonchev–Trinajstić information content (AvgIpc) is 2.29. The molecule has 0 amide bonds. The van der Waals surface area contributed by atoms with Crippen molar-refractivity contribution in [3.8, 4) is 0 Å². The van der Waals surface area contributed by atoms with Gasteiger partial charge in [-0.05, 0) is 18.2 Å². The van der Waals surface area contributed by atoms with Gasteiger partial charge in [-0.1, -0.05) is 15.9 Å². The Morgan fingerprint density at radius 3 is 2.67 bits per heavy atom. The van der Waals surface area contributed by atoms with Crippen LogP contribution in [0.2, 0.25) is 0 Å². The molecule has 15 heavy (non-hydrogen) atoms. The van der Waals surface area contributed by atoms with Crippen molar-refractivity contribution in [2.75, 3.05) is 31.2 Å². The number of halogens is 1. The lowest BCUT2D eigenvalue weighted by atomic mass is 10.2. The number of hydrogen-bond acceptors (Lipinski definition) is 3. The smallest absolute Gasteiger partial charge is 0.150 e. The Kier molecular flexibility index (Phi) is 3.38. The molecule has 0 unspecified atom stereocenters. The van der Waals surface area contributed by atoms with Crippen LogP contribution >= 0.6 is 15.9 Å². The maximum absolute atomic E-state index is 10.7. The third kappa shape index (κ3) is 2.58. The van der Waals surface area contributed by atoms with Crippen LogP contribution < -0.4 is 4.90 Å². The third-order valence-corrected chi connectivity index (χ3v) is 2.88. The molecule has 0 N–H and O–H groups in total. The number of rotatable bonds is 2. The van der Waals surface area contributed by atoms with Crippen LogP contribution in [-0.4, -0.2) is 32.6 Å². The van der Waals surface area contributed by atoms with Crippen molar-refractivity contribution >= 4 is 27.9 Å². The SMILES string of the molecule is O=Cc1cc(Br)cc(N2CCOCC2)c1. The fourth-order valence-corrected chi connectivity index (χ4v) is 2.17. The van der Waals surface area contributed by atoms with E-state index in [1.165, 1.54) is 0 Å². The fourth-order valence-electron chi connectivity index (χ4n) is 1.67. The van der Waals surface area contributed by atoms with E-state index in [1.807, 2.05) is 18.2 Å². The Bertz CT molecular complexity index is 362. The van der Waals surface area contributed by atoms with E-state index in [2.05, 4.69) is 20.8 Å². The largest absolute Gasteiger partial charge is 0.378 e. The standard InChI is InChI=1S/C11H12BrNO2/c12-10-5-9(8-14)6-11(7-10)13-1-3-15-4-2-13/h5-8H,1-4H2. The third-order valence-electron chi connectivity index (χ3n) is 2.42. The molecule has 0 aromatic heterocycles. The van der Waals surface area contributed by atoms with Crippen LogP contribution in [0.15, 0.2) is 22.7 Å². The van der Waals surface area contributed by atoms with Gasteiger partial charge < -0.3 is 9.64 Å². The molecule has 1 aliphatic rings. The minimum Gasteiger partial charge on any atom is -0.378 e. The maximum atomic E-state index is 10.7. The highest BCUT2D eigenvalue weighted by Crippen LogP contribution is 2.22. The molecule has 0 aliphatic carbocycles. The molecule has 4 heteroatoms. The number of hydrogen-bond donors (Lipinski definition) is 0. The normalized spacial score (nSPS) is 16.5. The van der Waals surface area contributed by atoms with Crippen LogP contribution in [0.5, 0.6) is 0 Å². The summed E-state index contributed by atoms with van der Waals surface area (Å²) in [6, 6.07) is 5.75. The molecule has 1 saturated heterocycles. The molecule has 3 nitrogen and oxygen atoms in total. The zero-order valence-corrected chi connectivity index (χ0v) is 9.87. The van der Waals surface area contributed by atoms with Gasteiger partial charge in [0.15, 0.2) is 0 Å². The van der Waals surface area contributed by atoms with Crippen molar-refractivity contribution in [1.29, 1.82) is 0 Å². The van der Waals surface area contributed by atoms with Crippen molar-refractivity contribution in [2.24, 2.45) is 0 Å². The summed E-state index contributed by atoms with van der Waals surface area (Å²) >= 11 is 3.40. The Morgan fingerprint density at radius 1 is 1.27 bits per heavy atom. The lowest BCUT2D eigenvalue weighted by Crippen LogP contribution is -2.36.